The van der Waals surface area contributed by atoms with Gasteiger partial charge in [-0.3, -0.25) is 9.36 Å². The number of methoxy groups -OCH3 is 1. The zero-order chi connectivity index (χ0) is 15.7. The van der Waals surface area contributed by atoms with Gasteiger partial charge < -0.3 is 9.30 Å². The van der Waals surface area contributed by atoms with Crippen LogP contribution in [0.4, 0.5) is 0 Å². The number of nitrogens with zero attached hydrogens (tertiary/aromatic N) is 6. The van der Waals surface area contributed by atoms with Gasteiger partial charge in [-0.15, -0.1) is 0 Å². The highest BCUT2D eigenvalue weighted by Gasteiger charge is 2.19. The second kappa shape index (κ2) is 5.76. The van der Waals surface area contributed by atoms with Crippen LogP contribution in [0.5, 0.6) is 0 Å². The van der Waals surface area contributed by atoms with Crippen LogP contribution in [0.15, 0.2) is 31.0 Å². The van der Waals surface area contributed by atoms with Gasteiger partial charge >= 0.3 is 0 Å². The molecular weight excluding hydrogens is 280 g/mol. The van der Waals surface area contributed by atoms with Crippen molar-refractivity contribution in [2.75, 3.05) is 7.11 Å². The highest BCUT2D eigenvalue weighted by atomic mass is 16.5. The van der Waals surface area contributed by atoms with Crippen LogP contribution >= 0.6 is 0 Å². The fourth-order valence-electron chi connectivity index (χ4n) is 2.50. The molecule has 1 atom stereocenters. The second-order valence-electron chi connectivity index (χ2n) is 5.38. The summed E-state index contributed by atoms with van der Waals surface area (Å²) in [6.45, 7) is 2.78. The third-order valence-electron chi connectivity index (χ3n) is 3.74. The van der Waals surface area contributed by atoms with Gasteiger partial charge in [0.25, 0.3) is 0 Å². The van der Waals surface area contributed by atoms with Crippen LogP contribution in [0.2, 0.25) is 0 Å². The summed E-state index contributed by atoms with van der Waals surface area (Å²) in [5.74, 6) is 0.878. The van der Waals surface area contributed by atoms with Gasteiger partial charge in [0, 0.05) is 50.9 Å². The summed E-state index contributed by atoms with van der Waals surface area (Å²) < 4.78 is 11.1. The van der Waals surface area contributed by atoms with Crippen molar-refractivity contribution in [1.82, 2.24) is 29.1 Å². The Kier molecular flexibility index (Phi) is 3.81. The Bertz CT molecular complexity index is 769. The van der Waals surface area contributed by atoms with Crippen LogP contribution in [0.1, 0.15) is 6.92 Å². The highest BCUT2D eigenvalue weighted by Crippen LogP contribution is 2.30. The van der Waals surface area contributed by atoms with E-state index in [9.17, 15) is 0 Å². The molecule has 0 spiro atoms. The summed E-state index contributed by atoms with van der Waals surface area (Å²) >= 11 is 0. The quantitative estimate of drug-likeness (QED) is 0.720. The number of ether oxygens (including phenoxy) is 1. The van der Waals surface area contributed by atoms with Crippen LogP contribution in [-0.4, -0.2) is 42.3 Å². The first kappa shape index (κ1) is 14.5. The predicted octanol–water partition coefficient (Wildman–Crippen LogP) is 1.72. The summed E-state index contributed by atoms with van der Waals surface area (Å²) in [5.41, 5.74) is 3.02. The molecule has 116 valence electrons. The molecule has 0 aliphatic carbocycles. The molecule has 0 radical (unpaired) electrons. The predicted molar refractivity (Wildman–Crippen MR) is 83.1 cm³/mol. The van der Waals surface area contributed by atoms with Gasteiger partial charge in [0.1, 0.15) is 5.69 Å². The minimum absolute atomic E-state index is 0.114. The standard InChI is InChI=1S/C15H20N6O/c1-11(22-4)9-21-6-5-16-15(21)14-13(8-18-20(14)3)12-7-17-19(2)10-12/h5-8,10-11H,9H2,1-4H3. The van der Waals surface area contributed by atoms with E-state index in [1.165, 1.54) is 0 Å². The van der Waals surface area contributed by atoms with Crippen LogP contribution in [0, 0.1) is 0 Å². The van der Waals surface area contributed by atoms with E-state index in [-0.39, 0.29) is 6.10 Å². The first-order valence-corrected chi connectivity index (χ1v) is 7.15. The Labute approximate surface area is 129 Å². The number of rotatable bonds is 5. The van der Waals surface area contributed by atoms with Gasteiger partial charge in [-0.2, -0.15) is 10.2 Å². The molecule has 3 aromatic rings. The molecule has 0 bridgehead atoms. The van der Waals surface area contributed by atoms with E-state index < -0.39 is 0 Å². The summed E-state index contributed by atoms with van der Waals surface area (Å²) in [5, 5.41) is 8.63. The number of hydrogen-bond donors (Lipinski definition) is 0. The Morgan fingerprint density at radius 1 is 1.23 bits per heavy atom. The van der Waals surface area contributed by atoms with Gasteiger partial charge in [0.05, 0.1) is 25.0 Å². The number of imidazole rings is 1. The normalized spacial score (nSPS) is 12.7. The molecule has 22 heavy (non-hydrogen) atoms. The second-order valence-corrected chi connectivity index (χ2v) is 5.38. The summed E-state index contributed by atoms with van der Waals surface area (Å²) in [4.78, 5) is 4.52. The number of aromatic nitrogens is 6. The molecule has 0 saturated carbocycles. The minimum atomic E-state index is 0.114. The molecule has 0 aliphatic rings. The number of aryl methyl sites for hydroxylation is 2. The van der Waals surface area contributed by atoms with Crippen molar-refractivity contribution in [2.24, 2.45) is 14.1 Å². The average molecular weight is 300 g/mol. The van der Waals surface area contributed by atoms with Crippen molar-refractivity contribution in [3.8, 4) is 22.6 Å². The minimum Gasteiger partial charge on any atom is -0.380 e. The molecule has 7 heteroatoms. The number of hydrogen-bond acceptors (Lipinski definition) is 4. The Balaban J connectivity index is 2.06. The topological polar surface area (TPSA) is 62.7 Å². The molecule has 0 aromatic carbocycles. The lowest BCUT2D eigenvalue weighted by Gasteiger charge is -2.13. The third kappa shape index (κ3) is 2.55. The largest absolute Gasteiger partial charge is 0.380 e. The van der Waals surface area contributed by atoms with Crippen molar-refractivity contribution < 1.29 is 4.74 Å². The van der Waals surface area contributed by atoms with E-state index in [2.05, 4.69) is 19.7 Å². The van der Waals surface area contributed by atoms with Crippen LogP contribution < -0.4 is 0 Å². The molecule has 0 amide bonds. The summed E-state index contributed by atoms with van der Waals surface area (Å²) in [6, 6.07) is 0. The SMILES string of the molecule is COC(C)Cn1ccnc1-c1c(-c2cnn(C)c2)cnn1C. The van der Waals surface area contributed by atoms with E-state index >= 15 is 0 Å². The molecule has 3 aromatic heterocycles. The lowest BCUT2D eigenvalue weighted by atomic mass is 10.1. The van der Waals surface area contributed by atoms with Crippen LogP contribution in [-0.2, 0) is 25.4 Å². The molecular formula is C15H20N6O. The highest BCUT2D eigenvalue weighted by molar-refractivity contribution is 5.77. The van der Waals surface area contributed by atoms with Crippen molar-refractivity contribution in [3.05, 3.63) is 31.0 Å². The van der Waals surface area contributed by atoms with E-state index in [0.717, 1.165) is 29.2 Å². The van der Waals surface area contributed by atoms with Gasteiger partial charge in [-0.25, -0.2) is 4.98 Å². The Hall–Kier alpha value is -2.41. The van der Waals surface area contributed by atoms with Crippen LogP contribution in [0.3, 0.4) is 0 Å². The van der Waals surface area contributed by atoms with Gasteiger partial charge in [0.15, 0.2) is 5.82 Å². The van der Waals surface area contributed by atoms with E-state index in [0.29, 0.717) is 0 Å². The molecule has 0 fully saturated rings. The van der Waals surface area contributed by atoms with E-state index in [4.69, 9.17) is 4.74 Å². The molecule has 0 aliphatic heterocycles. The smallest absolute Gasteiger partial charge is 0.159 e. The van der Waals surface area contributed by atoms with Crippen molar-refractivity contribution in [1.29, 1.82) is 0 Å². The molecule has 1 unspecified atom stereocenters. The average Bonchev–Trinajstić information content (AvgIpc) is 3.19. The summed E-state index contributed by atoms with van der Waals surface area (Å²) in [7, 11) is 5.54. The molecule has 3 rings (SSSR count). The van der Waals surface area contributed by atoms with Crippen LogP contribution in [0.25, 0.3) is 22.6 Å². The molecule has 3 heterocycles. The van der Waals surface area contributed by atoms with Crippen molar-refractivity contribution >= 4 is 0 Å². The lowest BCUT2D eigenvalue weighted by molar-refractivity contribution is 0.103. The van der Waals surface area contributed by atoms with Gasteiger partial charge in [-0.1, -0.05) is 0 Å². The Morgan fingerprint density at radius 2 is 2.05 bits per heavy atom. The third-order valence-corrected chi connectivity index (χ3v) is 3.74. The maximum Gasteiger partial charge on any atom is 0.159 e. The fourth-order valence-corrected chi connectivity index (χ4v) is 2.50. The summed E-state index contributed by atoms with van der Waals surface area (Å²) in [6.07, 6.45) is 9.55. The van der Waals surface area contributed by atoms with E-state index in [1.807, 2.05) is 50.5 Å². The maximum absolute atomic E-state index is 5.36. The fraction of sp³-hybridized carbons (Fsp3) is 0.400. The first-order valence-electron chi connectivity index (χ1n) is 7.15. The monoisotopic (exact) mass is 300 g/mol. The van der Waals surface area contributed by atoms with E-state index in [1.54, 1.807) is 18.0 Å². The molecule has 0 N–H and O–H groups in total. The maximum atomic E-state index is 5.36. The zero-order valence-corrected chi connectivity index (χ0v) is 13.3. The zero-order valence-electron chi connectivity index (χ0n) is 13.3. The molecule has 7 nitrogen and oxygen atoms in total. The Morgan fingerprint density at radius 3 is 2.73 bits per heavy atom. The molecule has 0 saturated heterocycles. The van der Waals surface area contributed by atoms with Gasteiger partial charge in [-0.05, 0) is 6.92 Å². The first-order chi connectivity index (χ1) is 10.6. The van der Waals surface area contributed by atoms with Crippen molar-refractivity contribution in [3.63, 3.8) is 0 Å². The lowest BCUT2D eigenvalue weighted by Crippen LogP contribution is -2.15. The van der Waals surface area contributed by atoms with Gasteiger partial charge in [0.2, 0.25) is 0 Å². The van der Waals surface area contributed by atoms with Crippen molar-refractivity contribution in [2.45, 2.75) is 19.6 Å².